The summed E-state index contributed by atoms with van der Waals surface area (Å²) in [6, 6.07) is 4.99. The van der Waals surface area contributed by atoms with Crippen LogP contribution in [-0.2, 0) is 10.0 Å². The van der Waals surface area contributed by atoms with Crippen molar-refractivity contribution in [2.24, 2.45) is 5.14 Å². The molecule has 1 rings (SSSR count). The van der Waals surface area contributed by atoms with Crippen molar-refractivity contribution in [1.29, 1.82) is 0 Å². The van der Waals surface area contributed by atoms with Gasteiger partial charge in [-0.25, -0.2) is 13.6 Å². The summed E-state index contributed by atoms with van der Waals surface area (Å²) in [7, 11) is -3.61. The van der Waals surface area contributed by atoms with E-state index in [1.807, 2.05) is 19.9 Å². The SMILES string of the molecule is CC(C)c1cc(Br)cc(S(N)(=O)=O)c1. The van der Waals surface area contributed by atoms with E-state index in [-0.39, 0.29) is 10.8 Å². The van der Waals surface area contributed by atoms with Gasteiger partial charge >= 0.3 is 0 Å². The molecule has 1 aromatic carbocycles. The summed E-state index contributed by atoms with van der Waals surface area (Å²) >= 11 is 3.25. The first kappa shape index (κ1) is 11.7. The normalized spacial score (nSPS) is 12.1. The number of sulfonamides is 1. The van der Waals surface area contributed by atoms with Crippen LogP contribution in [0.4, 0.5) is 0 Å². The number of hydrogen-bond acceptors (Lipinski definition) is 2. The Morgan fingerprint density at radius 1 is 1.29 bits per heavy atom. The fraction of sp³-hybridized carbons (Fsp3) is 0.333. The number of primary sulfonamides is 1. The van der Waals surface area contributed by atoms with Gasteiger partial charge in [0.2, 0.25) is 10.0 Å². The maximum atomic E-state index is 11.1. The second-order valence-electron chi connectivity index (χ2n) is 3.42. The Balaban J connectivity index is 3.35. The van der Waals surface area contributed by atoms with Gasteiger partial charge < -0.3 is 0 Å². The maximum Gasteiger partial charge on any atom is 0.238 e. The van der Waals surface area contributed by atoms with Gasteiger partial charge in [0.15, 0.2) is 0 Å². The minimum absolute atomic E-state index is 0.149. The van der Waals surface area contributed by atoms with E-state index in [9.17, 15) is 8.42 Å². The van der Waals surface area contributed by atoms with Crippen LogP contribution >= 0.6 is 15.9 Å². The van der Waals surface area contributed by atoms with E-state index in [2.05, 4.69) is 15.9 Å². The van der Waals surface area contributed by atoms with Crippen LogP contribution < -0.4 is 5.14 Å². The van der Waals surface area contributed by atoms with E-state index in [4.69, 9.17) is 5.14 Å². The second kappa shape index (κ2) is 4.00. The average Bonchev–Trinajstić information content (AvgIpc) is 2.01. The lowest BCUT2D eigenvalue weighted by molar-refractivity contribution is 0.597. The van der Waals surface area contributed by atoms with Crippen molar-refractivity contribution in [3.8, 4) is 0 Å². The predicted octanol–water partition coefficient (Wildman–Crippen LogP) is 2.22. The summed E-state index contributed by atoms with van der Waals surface area (Å²) in [5, 5.41) is 5.05. The molecule has 1 aromatic rings. The number of benzene rings is 1. The van der Waals surface area contributed by atoms with Gasteiger partial charge in [-0.15, -0.1) is 0 Å². The molecule has 14 heavy (non-hydrogen) atoms. The van der Waals surface area contributed by atoms with Crippen LogP contribution in [0.5, 0.6) is 0 Å². The number of rotatable bonds is 2. The van der Waals surface area contributed by atoms with Crippen molar-refractivity contribution >= 4 is 26.0 Å². The molecular weight excluding hydrogens is 266 g/mol. The van der Waals surface area contributed by atoms with Crippen LogP contribution in [-0.4, -0.2) is 8.42 Å². The molecule has 3 nitrogen and oxygen atoms in total. The largest absolute Gasteiger partial charge is 0.238 e. The molecule has 5 heteroatoms. The summed E-state index contributed by atoms with van der Waals surface area (Å²) in [5.74, 6) is 0.271. The molecule has 0 aliphatic heterocycles. The van der Waals surface area contributed by atoms with E-state index in [0.29, 0.717) is 0 Å². The van der Waals surface area contributed by atoms with Crippen molar-refractivity contribution < 1.29 is 8.42 Å². The van der Waals surface area contributed by atoms with Crippen LogP contribution in [0.3, 0.4) is 0 Å². The van der Waals surface area contributed by atoms with Crippen LogP contribution in [0, 0.1) is 0 Å². The van der Waals surface area contributed by atoms with Gasteiger partial charge in [-0.3, -0.25) is 0 Å². The molecule has 0 heterocycles. The lowest BCUT2D eigenvalue weighted by Gasteiger charge is -2.08. The first-order chi connectivity index (χ1) is 6.30. The Hall–Kier alpha value is -0.390. The molecule has 0 atom stereocenters. The van der Waals surface area contributed by atoms with Crippen LogP contribution in [0.1, 0.15) is 25.3 Å². The van der Waals surface area contributed by atoms with E-state index in [1.54, 1.807) is 6.07 Å². The van der Waals surface area contributed by atoms with Crippen molar-refractivity contribution in [3.05, 3.63) is 28.2 Å². The molecule has 0 saturated heterocycles. The first-order valence-electron chi connectivity index (χ1n) is 4.14. The van der Waals surface area contributed by atoms with Crippen molar-refractivity contribution in [2.75, 3.05) is 0 Å². The van der Waals surface area contributed by atoms with Gasteiger partial charge in [0.1, 0.15) is 0 Å². The third-order valence-electron chi connectivity index (χ3n) is 1.89. The van der Waals surface area contributed by atoms with Crippen molar-refractivity contribution in [1.82, 2.24) is 0 Å². The first-order valence-corrected chi connectivity index (χ1v) is 6.48. The lowest BCUT2D eigenvalue weighted by Crippen LogP contribution is -2.12. The Labute approximate surface area is 92.5 Å². The molecule has 0 bridgehead atoms. The molecule has 0 radical (unpaired) electrons. The minimum atomic E-state index is -3.61. The number of nitrogens with two attached hydrogens (primary N) is 1. The monoisotopic (exact) mass is 277 g/mol. The minimum Gasteiger partial charge on any atom is -0.225 e. The average molecular weight is 278 g/mol. The molecule has 0 aliphatic rings. The molecule has 0 amide bonds. The van der Waals surface area contributed by atoms with Gasteiger partial charge in [0.05, 0.1) is 4.90 Å². The summed E-state index contributed by atoms with van der Waals surface area (Å²) in [5.41, 5.74) is 0.948. The summed E-state index contributed by atoms with van der Waals surface area (Å²) in [6.07, 6.45) is 0. The molecule has 0 spiro atoms. The third-order valence-corrected chi connectivity index (χ3v) is 3.24. The molecule has 0 aromatic heterocycles. The summed E-state index contributed by atoms with van der Waals surface area (Å²) in [4.78, 5) is 0.149. The third kappa shape index (κ3) is 2.80. The van der Waals surface area contributed by atoms with Crippen LogP contribution in [0.2, 0.25) is 0 Å². The van der Waals surface area contributed by atoms with Crippen LogP contribution in [0.25, 0.3) is 0 Å². The summed E-state index contributed by atoms with van der Waals surface area (Å²) < 4.78 is 23.0. The topological polar surface area (TPSA) is 60.2 Å². The fourth-order valence-corrected chi connectivity index (χ4v) is 2.34. The lowest BCUT2D eigenvalue weighted by atomic mass is 10.0. The molecule has 0 saturated carbocycles. The standard InChI is InChI=1S/C9H12BrNO2S/c1-6(2)7-3-8(10)5-9(4-7)14(11,12)13/h3-6H,1-2H3,(H2,11,12,13). The molecule has 0 aliphatic carbocycles. The second-order valence-corrected chi connectivity index (χ2v) is 5.90. The Kier molecular flexibility index (Phi) is 3.34. The Morgan fingerprint density at radius 2 is 1.86 bits per heavy atom. The highest BCUT2D eigenvalue weighted by Crippen LogP contribution is 2.23. The molecule has 78 valence electrons. The van der Waals surface area contributed by atoms with Gasteiger partial charge in [-0.05, 0) is 29.7 Å². The highest BCUT2D eigenvalue weighted by atomic mass is 79.9. The zero-order chi connectivity index (χ0) is 10.9. The predicted molar refractivity (Wildman–Crippen MR) is 59.6 cm³/mol. The fourth-order valence-electron chi connectivity index (χ4n) is 1.08. The molecule has 0 unspecified atom stereocenters. The van der Waals surface area contributed by atoms with E-state index in [1.165, 1.54) is 6.07 Å². The summed E-state index contributed by atoms with van der Waals surface area (Å²) in [6.45, 7) is 3.99. The molecule has 2 N–H and O–H groups in total. The molecular formula is C9H12BrNO2S. The van der Waals surface area contributed by atoms with E-state index >= 15 is 0 Å². The Bertz CT molecular complexity index is 440. The smallest absolute Gasteiger partial charge is 0.225 e. The van der Waals surface area contributed by atoms with Gasteiger partial charge in [0, 0.05) is 4.47 Å². The maximum absolute atomic E-state index is 11.1. The zero-order valence-electron chi connectivity index (χ0n) is 7.99. The van der Waals surface area contributed by atoms with Gasteiger partial charge in [-0.2, -0.15) is 0 Å². The molecule has 0 fully saturated rings. The zero-order valence-corrected chi connectivity index (χ0v) is 10.4. The van der Waals surface area contributed by atoms with Crippen LogP contribution in [0.15, 0.2) is 27.6 Å². The number of hydrogen-bond donors (Lipinski definition) is 1. The Morgan fingerprint density at radius 3 is 2.29 bits per heavy atom. The van der Waals surface area contributed by atoms with E-state index in [0.717, 1.165) is 10.0 Å². The highest BCUT2D eigenvalue weighted by molar-refractivity contribution is 9.10. The van der Waals surface area contributed by atoms with Gasteiger partial charge in [0.25, 0.3) is 0 Å². The number of halogens is 1. The quantitative estimate of drug-likeness (QED) is 0.901. The van der Waals surface area contributed by atoms with Crippen molar-refractivity contribution in [2.45, 2.75) is 24.7 Å². The highest BCUT2D eigenvalue weighted by Gasteiger charge is 2.11. The van der Waals surface area contributed by atoms with Gasteiger partial charge in [-0.1, -0.05) is 29.8 Å². The van der Waals surface area contributed by atoms with E-state index < -0.39 is 10.0 Å². The van der Waals surface area contributed by atoms with Crippen molar-refractivity contribution in [3.63, 3.8) is 0 Å².